The van der Waals surface area contributed by atoms with Gasteiger partial charge in [0.2, 0.25) is 0 Å². The quantitative estimate of drug-likeness (QED) is 0.263. The third kappa shape index (κ3) is 5.01. The fourth-order valence-corrected chi connectivity index (χ4v) is 4.93. The van der Waals surface area contributed by atoms with E-state index in [1.807, 2.05) is 42.5 Å². The van der Waals surface area contributed by atoms with Gasteiger partial charge in [-0.05, 0) is 43.4 Å². The monoisotopic (exact) mass is 364 g/mol. The van der Waals surface area contributed by atoms with Crippen LogP contribution >= 0.6 is 11.8 Å². The smallest absolute Gasteiger partial charge is 0.185 e. The zero-order chi connectivity index (χ0) is 18.3. The maximum atomic E-state index is 6.41. The van der Waals surface area contributed by atoms with Crippen molar-refractivity contribution in [3.63, 3.8) is 0 Å². The molecule has 25 heavy (non-hydrogen) atoms. The Balaban J connectivity index is 2.63. The SMILES string of the molecule is C#CC(O[Si](C)(C)C)C(C=C=C)(Sc1ccccc1)c1ccccc1. The summed E-state index contributed by atoms with van der Waals surface area (Å²) >= 11 is 1.68. The van der Waals surface area contributed by atoms with Crippen LogP contribution in [-0.4, -0.2) is 14.4 Å². The molecule has 0 fully saturated rings. The minimum atomic E-state index is -1.85. The Labute approximate surface area is 156 Å². The molecule has 2 atom stereocenters. The maximum absolute atomic E-state index is 6.41. The Hall–Kier alpha value is -1.95. The van der Waals surface area contributed by atoms with Crippen LogP contribution < -0.4 is 0 Å². The molecule has 2 unspecified atom stereocenters. The van der Waals surface area contributed by atoms with E-state index in [9.17, 15) is 0 Å². The topological polar surface area (TPSA) is 9.23 Å². The van der Waals surface area contributed by atoms with Crippen LogP contribution in [0.25, 0.3) is 0 Å². The van der Waals surface area contributed by atoms with Gasteiger partial charge in [0.05, 0.1) is 0 Å². The summed E-state index contributed by atoms with van der Waals surface area (Å²) in [7, 11) is -1.85. The molecule has 128 valence electrons. The Morgan fingerprint density at radius 1 is 1.08 bits per heavy atom. The summed E-state index contributed by atoms with van der Waals surface area (Å²) < 4.78 is 5.83. The lowest BCUT2D eigenvalue weighted by molar-refractivity contribution is 0.222. The fourth-order valence-electron chi connectivity index (χ4n) is 2.59. The minimum absolute atomic E-state index is 0.416. The van der Waals surface area contributed by atoms with E-state index < -0.39 is 19.2 Å². The predicted molar refractivity (Wildman–Crippen MR) is 111 cm³/mol. The van der Waals surface area contributed by atoms with Crippen molar-refractivity contribution >= 4 is 20.1 Å². The average molecular weight is 365 g/mol. The Kier molecular flexibility index (Phi) is 6.53. The number of terminal acetylenes is 1. The summed E-state index contributed by atoms with van der Waals surface area (Å²) in [6.45, 7) is 10.3. The van der Waals surface area contributed by atoms with E-state index in [1.165, 1.54) is 0 Å². The molecule has 2 aromatic rings. The van der Waals surface area contributed by atoms with E-state index >= 15 is 0 Å². The molecule has 0 aromatic heterocycles. The van der Waals surface area contributed by atoms with Crippen LogP contribution in [0.5, 0.6) is 0 Å². The highest BCUT2D eigenvalue weighted by Crippen LogP contribution is 2.47. The Bertz CT molecular complexity index is 767. The van der Waals surface area contributed by atoms with Crippen LogP contribution in [0, 0.1) is 12.3 Å². The van der Waals surface area contributed by atoms with Gasteiger partial charge in [-0.1, -0.05) is 61.0 Å². The van der Waals surface area contributed by atoms with Gasteiger partial charge in [0, 0.05) is 4.90 Å². The highest BCUT2D eigenvalue weighted by atomic mass is 32.2. The number of rotatable bonds is 7. The summed E-state index contributed by atoms with van der Waals surface area (Å²) in [6, 6.07) is 20.5. The van der Waals surface area contributed by atoms with Gasteiger partial charge in [0.25, 0.3) is 0 Å². The second-order valence-electron chi connectivity index (χ2n) is 6.70. The van der Waals surface area contributed by atoms with Crippen LogP contribution in [0.2, 0.25) is 19.6 Å². The molecular weight excluding hydrogens is 340 g/mol. The van der Waals surface area contributed by atoms with Gasteiger partial charge in [0.15, 0.2) is 8.32 Å². The molecule has 0 saturated carbocycles. The highest BCUT2D eigenvalue weighted by Gasteiger charge is 2.41. The molecule has 0 spiro atoms. The molecule has 2 rings (SSSR count). The molecule has 2 aromatic carbocycles. The number of hydrogen-bond donors (Lipinski definition) is 0. The van der Waals surface area contributed by atoms with Gasteiger partial charge in [-0.2, -0.15) is 0 Å². The second-order valence-corrected chi connectivity index (χ2v) is 12.5. The Morgan fingerprint density at radius 2 is 1.64 bits per heavy atom. The molecule has 0 bridgehead atoms. The molecule has 0 N–H and O–H groups in total. The molecule has 0 amide bonds. The summed E-state index contributed by atoms with van der Waals surface area (Å²) in [6.07, 6.45) is 7.49. The molecular formula is C22H24OSSi. The lowest BCUT2D eigenvalue weighted by Crippen LogP contribution is -2.42. The first-order valence-electron chi connectivity index (χ1n) is 8.22. The fraction of sp³-hybridized carbons (Fsp3) is 0.227. The van der Waals surface area contributed by atoms with Crippen LogP contribution in [-0.2, 0) is 9.17 Å². The third-order valence-electron chi connectivity index (χ3n) is 3.58. The average Bonchev–Trinajstić information content (AvgIpc) is 2.60. The van der Waals surface area contributed by atoms with E-state index in [0.717, 1.165) is 10.5 Å². The van der Waals surface area contributed by atoms with Crippen molar-refractivity contribution < 1.29 is 4.43 Å². The van der Waals surface area contributed by atoms with Gasteiger partial charge in [-0.25, -0.2) is 0 Å². The zero-order valence-corrected chi connectivity index (χ0v) is 16.8. The van der Waals surface area contributed by atoms with Gasteiger partial charge in [-0.3, -0.25) is 0 Å². The summed E-state index contributed by atoms with van der Waals surface area (Å²) in [5.74, 6) is 2.90. The van der Waals surface area contributed by atoms with Crippen molar-refractivity contribution in [1.29, 1.82) is 0 Å². The second kappa shape index (κ2) is 8.42. The molecule has 0 aliphatic carbocycles. The van der Waals surface area contributed by atoms with Crippen molar-refractivity contribution in [1.82, 2.24) is 0 Å². The van der Waals surface area contributed by atoms with Crippen LogP contribution in [0.15, 0.2) is 83.9 Å². The van der Waals surface area contributed by atoms with E-state index in [1.54, 1.807) is 11.8 Å². The third-order valence-corrected chi connectivity index (χ3v) is 5.94. The molecule has 0 heterocycles. The number of hydrogen-bond acceptors (Lipinski definition) is 2. The Morgan fingerprint density at radius 3 is 2.12 bits per heavy atom. The van der Waals surface area contributed by atoms with Crippen molar-refractivity contribution in [2.24, 2.45) is 0 Å². The summed E-state index contributed by atoms with van der Waals surface area (Å²) in [4.78, 5) is 1.12. The van der Waals surface area contributed by atoms with Gasteiger partial charge in [-0.15, -0.1) is 23.9 Å². The van der Waals surface area contributed by atoms with Crippen LogP contribution in [0.4, 0.5) is 0 Å². The first kappa shape index (κ1) is 19.4. The molecule has 0 aliphatic heterocycles. The first-order valence-corrected chi connectivity index (χ1v) is 12.4. The van der Waals surface area contributed by atoms with E-state index in [4.69, 9.17) is 10.8 Å². The van der Waals surface area contributed by atoms with Gasteiger partial charge in [0.1, 0.15) is 10.9 Å². The first-order chi connectivity index (χ1) is 11.9. The molecule has 0 saturated heterocycles. The van der Waals surface area contributed by atoms with E-state index in [-0.39, 0.29) is 0 Å². The molecule has 0 aliphatic rings. The lowest BCUT2D eigenvalue weighted by Gasteiger charge is -2.38. The lowest BCUT2D eigenvalue weighted by atomic mass is 9.92. The minimum Gasteiger partial charge on any atom is -0.402 e. The molecule has 1 nitrogen and oxygen atoms in total. The van der Waals surface area contributed by atoms with Crippen molar-refractivity contribution in [3.8, 4) is 12.3 Å². The van der Waals surface area contributed by atoms with Gasteiger partial charge >= 0.3 is 0 Å². The number of thioether (sulfide) groups is 1. The zero-order valence-electron chi connectivity index (χ0n) is 15.0. The van der Waals surface area contributed by atoms with Crippen LogP contribution in [0.3, 0.4) is 0 Å². The summed E-state index contributed by atoms with van der Waals surface area (Å²) in [5.41, 5.74) is 4.06. The standard InChI is InChI=1S/C22H24OSSi/c1-6-18-22(19-14-10-8-11-15-19,21(7-2)23-25(3,4)5)24-20-16-12-9-13-17-20/h2,8-18,21H,1H2,3-5H3. The maximum Gasteiger partial charge on any atom is 0.185 e. The number of benzene rings is 2. The predicted octanol–water partition coefficient (Wildman–Crippen LogP) is 5.87. The van der Waals surface area contributed by atoms with Crippen molar-refractivity contribution in [3.05, 3.63) is 84.6 Å². The van der Waals surface area contributed by atoms with Crippen molar-refractivity contribution in [2.45, 2.75) is 35.4 Å². The molecule has 0 radical (unpaired) electrons. The largest absolute Gasteiger partial charge is 0.402 e. The van der Waals surface area contributed by atoms with E-state index in [2.05, 4.69) is 62.1 Å². The van der Waals surface area contributed by atoms with Crippen molar-refractivity contribution in [2.75, 3.05) is 0 Å². The van der Waals surface area contributed by atoms with E-state index in [0.29, 0.717) is 0 Å². The van der Waals surface area contributed by atoms with Gasteiger partial charge < -0.3 is 4.43 Å². The molecule has 3 heteroatoms. The normalized spacial score (nSPS) is 14.6. The summed E-state index contributed by atoms with van der Waals surface area (Å²) in [5, 5.41) is 0. The van der Waals surface area contributed by atoms with Crippen LogP contribution in [0.1, 0.15) is 5.56 Å². The highest BCUT2D eigenvalue weighted by molar-refractivity contribution is 8.00.